The Labute approximate surface area is 180 Å². The first-order valence-electron chi connectivity index (χ1n) is 9.98. The lowest BCUT2D eigenvalue weighted by molar-refractivity contribution is 0.0946. The third-order valence-electron chi connectivity index (χ3n) is 4.70. The molecule has 0 unspecified atom stereocenters. The molecule has 0 radical (unpaired) electrons. The summed E-state index contributed by atoms with van der Waals surface area (Å²) < 4.78 is 7.10. The van der Waals surface area contributed by atoms with Gasteiger partial charge in [-0.05, 0) is 24.6 Å². The van der Waals surface area contributed by atoms with Crippen LogP contribution in [-0.4, -0.2) is 30.6 Å². The van der Waals surface area contributed by atoms with Gasteiger partial charge in [-0.3, -0.25) is 9.36 Å². The van der Waals surface area contributed by atoms with Crippen LogP contribution in [0.1, 0.15) is 48.2 Å². The van der Waals surface area contributed by atoms with Crippen molar-refractivity contribution in [2.45, 2.75) is 39.7 Å². The predicted molar refractivity (Wildman–Crippen MR) is 116 cm³/mol. The number of carbonyl (C=O) groups is 1. The van der Waals surface area contributed by atoms with Gasteiger partial charge in [-0.1, -0.05) is 55.8 Å². The van der Waals surface area contributed by atoms with Gasteiger partial charge in [0.15, 0.2) is 5.82 Å². The van der Waals surface area contributed by atoms with Crippen molar-refractivity contribution in [1.29, 1.82) is 0 Å². The number of amides is 1. The molecular formula is C23H24N6O2. The summed E-state index contributed by atoms with van der Waals surface area (Å²) in [6.45, 7) is 8.53. The van der Waals surface area contributed by atoms with E-state index in [1.165, 1.54) is 0 Å². The minimum atomic E-state index is -0.247. The zero-order valence-electron chi connectivity index (χ0n) is 18.0. The zero-order valence-corrected chi connectivity index (χ0v) is 18.0. The number of carbonyl (C=O) groups excluding carboxylic acids is 1. The highest BCUT2D eigenvalue weighted by Gasteiger charge is 2.21. The molecule has 3 aromatic heterocycles. The van der Waals surface area contributed by atoms with Crippen molar-refractivity contribution in [3.8, 4) is 17.3 Å². The van der Waals surface area contributed by atoms with Gasteiger partial charge in [0.25, 0.3) is 11.8 Å². The maximum Gasteiger partial charge on any atom is 0.271 e. The van der Waals surface area contributed by atoms with E-state index in [0.29, 0.717) is 29.8 Å². The van der Waals surface area contributed by atoms with Crippen LogP contribution in [0, 0.1) is 6.92 Å². The summed E-state index contributed by atoms with van der Waals surface area (Å²) >= 11 is 0. The molecule has 8 heteroatoms. The highest BCUT2D eigenvalue weighted by Crippen LogP contribution is 2.24. The van der Waals surface area contributed by atoms with Crippen molar-refractivity contribution in [3.63, 3.8) is 0 Å². The third kappa shape index (κ3) is 4.69. The molecule has 31 heavy (non-hydrogen) atoms. The third-order valence-corrected chi connectivity index (χ3v) is 4.70. The van der Waals surface area contributed by atoms with Gasteiger partial charge >= 0.3 is 0 Å². The fourth-order valence-electron chi connectivity index (χ4n) is 3.00. The van der Waals surface area contributed by atoms with Crippen molar-refractivity contribution in [2.75, 3.05) is 0 Å². The lowest BCUT2D eigenvalue weighted by Gasteiger charge is -2.10. The van der Waals surface area contributed by atoms with Crippen molar-refractivity contribution in [2.24, 2.45) is 0 Å². The monoisotopic (exact) mass is 416 g/mol. The molecule has 0 spiro atoms. The topological polar surface area (TPSA) is 98.7 Å². The van der Waals surface area contributed by atoms with Crippen LogP contribution in [0.15, 0.2) is 59.6 Å². The van der Waals surface area contributed by atoms with E-state index in [1.54, 1.807) is 29.4 Å². The van der Waals surface area contributed by atoms with Crippen LogP contribution < -0.4 is 5.32 Å². The molecule has 4 aromatic rings. The molecular weight excluding hydrogens is 392 g/mol. The van der Waals surface area contributed by atoms with Gasteiger partial charge in [0.05, 0.1) is 0 Å². The molecule has 0 saturated carbocycles. The quantitative estimate of drug-likeness (QED) is 0.530. The number of nitrogens with one attached hydrogen (secondary N) is 1. The molecule has 1 N–H and O–H groups in total. The average molecular weight is 416 g/mol. The Bertz CT molecular complexity index is 1220. The predicted octanol–water partition coefficient (Wildman–Crippen LogP) is 3.85. The van der Waals surface area contributed by atoms with Gasteiger partial charge in [0.2, 0.25) is 0 Å². The fraction of sp³-hybridized carbons (Fsp3) is 0.261. The van der Waals surface area contributed by atoms with E-state index < -0.39 is 0 Å². The maximum absolute atomic E-state index is 12.5. The van der Waals surface area contributed by atoms with Crippen molar-refractivity contribution in [1.82, 2.24) is 30.0 Å². The van der Waals surface area contributed by atoms with Crippen LogP contribution in [-0.2, 0) is 12.0 Å². The van der Waals surface area contributed by atoms with E-state index in [-0.39, 0.29) is 11.3 Å². The van der Waals surface area contributed by atoms with E-state index in [9.17, 15) is 4.79 Å². The van der Waals surface area contributed by atoms with Crippen molar-refractivity contribution < 1.29 is 9.32 Å². The van der Waals surface area contributed by atoms with E-state index in [2.05, 4.69) is 25.4 Å². The molecule has 0 aliphatic rings. The Balaban J connectivity index is 1.49. The number of hydrogen-bond acceptors (Lipinski definition) is 6. The number of aromatic nitrogens is 5. The van der Waals surface area contributed by atoms with Gasteiger partial charge < -0.3 is 9.84 Å². The van der Waals surface area contributed by atoms with E-state index in [1.807, 2.05) is 58.0 Å². The summed E-state index contributed by atoms with van der Waals surface area (Å²) in [4.78, 5) is 25.6. The van der Waals surface area contributed by atoms with E-state index in [4.69, 9.17) is 4.52 Å². The minimum absolute atomic E-state index is 0.206. The highest BCUT2D eigenvalue weighted by molar-refractivity contribution is 5.92. The summed E-state index contributed by atoms with van der Waals surface area (Å²) in [5.74, 6) is 1.40. The smallest absolute Gasteiger partial charge is 0.271 e. The highest BCUT2D eigenvalue weighted by atomic mass is 16.5. The summed E-state index contributed by atoms with van der Waals surface area (Å²) in [6, 6.07) is 11.6. The zero-order chi connectivity index (χ0) is 22.0. The number of nitrogens with zero attached hydrogens (tertiary/aromatic N) is 5. The molecule has 0 aliphatic heterocycles. The Morgan fingerprint density at radius 3 is 2.74 bits per heavy atom. The molecule has 3 heterocycles. The van der Waals surface area contributed by atoms with Crippen molar-refractivity contribution >= 4 is 5.91 Å². The molecule has 0 saturated heterocycles. The normalized spacial score (nSPS) is 11.5. The summed E-state index contributed by atoms with van der Waals surface area (Å²) in [7, 11) is 0. The van der Waals surface area contributed by atoms with Crippen LogP contribution in [0.5, 0.6) is 0 Å². The Morgan fingerprint density at radius 1 is 1.16 bits per heavy atom. The first-order chi connectivity index (χ1) is 14.8. The van der Waals surface area contributed by atoms with Gasteiger partial charge in [-0.2, -0.15) is 4.98 Å². The number of imidazole rings is 1. The number of benzene rings is 1. The molecule has 158 valence electrons. The SMILES string of the molecule is Cc1cccc(CNC(=O)c2cn(-c3cc(-c4nc(C(C)(C)C)no4)ccn3)cn2)c1. The van der Waals surface area contributed by atoms with Crippen LogP contribution in [0.25, 0.3) is 17.3 Å². The second kappa shape index (κ2) is 8.14. The van der Waals surface area contributed by atoms with E-state index in [0.717, 1.165) is 16.7 Å². The summed E-state index contributed by atoms with van der Waals surface area (Å²) in [5.41, 5.74) is 3.04. The molecule has 8 nitrogen and oxygen atoms in total. The lowest BCUT2D eigenvalue weighted by Crippen LogP contribution is -2.23. The number of pyridine rings is 1. The molecule has 4 rings (SSSR count). The average Bonchev–Trinajstić information content (AvgIpc) is 3.42. The van der Waals surface area contributed by atoms with Gasteiger partial charge in [-0.15, -0.1) is 0 Å². The Kier molecular flexibility index (Phi) is 5.37. The molecule has 0 bridgehead atoms. The molecule has 0 atom stereocenters. The van der Waals surface area contributed by atoms with Crippen LogP contribution in [0.4, 0.5) is 0 Å². The summed E-state index contributed by atoms with van der Waals surface area (Å²) in [5, 5.41) is 6.96. The molecule has 1 aromatic carbocycles. The summed E-state index contributed by atoms with van der Waals surface area (Å²) in [6.07, 6.45) is 4.86. The van der Waals surface area contributed by atoms with Crippen LogP contribution in [0.3, 0.4) is 0 Å². The minimum Gasteiger partial charge on any atom is -0.347 e. The second-order valence-electron chi connectivity index (χ2n) is 8.41. The largest absolute Gasteiger partial charge is 0.347 e. The second-order valence-corrected chi connectivity index (χ2v) is 8.41. The molecule has 1 amide bonds. The number of aryl methyl sites for hydroxylation is 1. The standard InChI is InChI=1S/C23H24N6O2/c1-15-6-5-7-16(10-15)12-25-20(30)18-13-29(14-26-18)19-11-17(8-9-24-19)21-27-22(28-31-21)23(2,3)4/h5-11,13-14H,12H2,1-4H3,(H,25,30). The Morgan fingerprint density at radius 2 is 2.00 bits per heavy atom. The van der Waals surface area contributed by atoms with Crippen molar-refractivity contribution in [3.05, 3.63) is 77.8 Å². The van der Waals surface area contributed by atoms with Crippen LogP contribution >= 0.6 is 0 Å². The number of hydrogen-bond donors (Lipinski definition) is 1. The Hall–Kier alpha value is -3.81. The van der Waals surface area contributed by atoms with Gasteiger partial charge in [0, 0.05) is 29.9 Å². The van der Waals surface area contributed by atoms with Crippen LogP contribution in [0.2, 0.25) is 0 Å². The van der Waals surface area contributed by atoms with Gasteiger partial charge in [-0.25, -0.2) is 9.97 Å². The maximum atomic E-state index is 12.5. The number of rotatable bonds is 5. The lowest BCUT2D eigenvalue weighted by atomic mass is 9.96. The van der Waals surface area contributed by atoms with E-state index >= 15 is 0 Å². The molecule has 0 aliphatic carbocycles. The molecule has 0 fully saturated rings. The fourth-order valence-corrected chi connectivity index (χ4v) is 3.00. The van der Waals surface area contributed by atoms with Gasteiger partial charge in [0.1, 0.15) is 17.8 Å². The first-order valence-corrected chi connectivity index (χ1v) is 9.98. The first kappa shape index (κ1) is 20.5.